The van der Waals surface area contributed by atoms with Gasteiger partial charge < -0.3 is 5.32 Å². The highest BCUT2D eigenvalue weighted by molar-refractivity contribution is 5.55. The highest BCUT2D eigenvalue weighted by Gasteiger charge is 2.28. The van der Waals surface area contributed by atoms with Gasteiger partial charge in [0.2, 0.25) is 0 Å². The molecule has 0 aliphatic heterocycles. The third kappa shape index (κ3) is 2.22. The van der Waals surface area contributed by atoms with Crippen LogP contribution in [0.4, 0.5) is 5.82 Å². The Labute approximate surface area is 109 Å². The van der Waals surface area contributed by atoms with Gasteiger partial charge in [-0.05, 0) is 25.2 Å². The molecule has 1 N–H and O–H groups in total. The van der Waals surface area contributed by atoms with Crippen molar-refractivity contribution in [3.05, 3.63) is 11.3 Å². The zero-order chi connectivity index (χ0) is 13.3. The molecule has 0 aromatic carbocycles. The molecule has 1 fully saturated rings. The lowest BCUT2D eigenvalue weighted by Gasteiger charge is -2.35. The normalized spacial score (nSPS) is 27.8. The molecule has 0 spiro atoms. The fourth-order valence-electron chi connectivity index (χ4n) is 2.92. The van der Waals surface area contributed by atoms with Crippen molar-refractivity contribution in [2.24, 2.45) is 18.9 Å². The van der Waals surface area contributed by atoms with Crippen LogP contribution in [0.15, 0.2) is 0 Å². The molecule has 0 radical (unpaired) electrons. The summed E-state index contributed by atoms with van der Waals surface area (Å²) in [5, 5.41) is 17.1. The zero-order valence-electron chi connectivity index (χ0n) is 11.7. The van der Waals surface area contributed by atoms with Gasteiger partial charge in [-0.3, -0.25) is 4.68 Å². The molecule has 98 valence electrons. The molecule has 0 amide bonds. The molecular weight excluding hydrogens is 224 g/mol. The van der Waals surface area contributed by atoms with Crippen molar-refractivity contribution in [3.63, 3.8) is 0 Å². The summed E-state index contributed by atoms with van der Waals surface area (Å²) >= 11 is 0. The monoisotopic (exact) mass is 246 g/mol. The van der Waals surface area contributed by atoms with Crippen LogP contribution < -0.4 is 5.32 Å². The molecule has 1 aromatic rings. The minimum Gasteiger partial charge on any atom is -0.366 e. The number of nitriles is 1. The molecule has 0 saturated heterocycles. The van der Waals surface area contributed by atoms with Crippen LogP contribution in [0, 0.1) is 30.1 Å². The zero-order valence-corrected chi connectivity index (χ0v) is 11.7. The largest absolute Gasteiger partial charge is 0.366 e. The Kier molecular flexibility index (Phi) is 3.60. The minimum atomic E-state index is 0.454. The Morgan fingerprint density at radius 2 is 2.11 bits per heavy atom. The van der Waals surface area contributed by atoms with Crippen LogP contribution in [-0.2, 0) is 7.05 Å². The third-order valence-electron chi connectivity index (χ3n) is 4.36. The molecule has 4 heteroatoms. The van der Waals surface area contributed by atoms with Gasteiger partial charge >= 0.3 is 0 Å². The molecule has 3 atom stereocenters. The van der Waals surface area contributed by atoms with E-state index in [1.807, 2.05) is 14.0 Å². The van der Waals surface area contributed by atoms with Gasteiger partial charge in [0.25, 0.3) is 0 Å². The van der Waals surface area contributed by atoms with Crippen LogP contribution in [0.3, 0.4) is 0 Å². The molecule has 18 heavy (non-hydrogen) atoms. The number of hydrogen-bond donors (Lipinski definition) is 1. The van der Waals surface area contributed by atoms with Gasteiger partial charge in [-0.15, -0.1) is 0 Å². The Bertz CT molecular complexity index is 469. The number of anilines is 1. The summed E-state index contributed by atoms with van der Waals surface area (Å²) in [6, 6.07) is 2.71. The maximum Gasteiger partial charge on any atom is 0.142 e. The van der Waals surface area contributed by atoms with E-state index in [2.05, 4.69) is 30.3 Å². The molecule has 1 heterocycles. The Hall–Kier alpha value is -1.50. The van der Waals surface area contributed by atoms with Crippen molar-refractivity contribution >= 4 is 5.82 Å². The number of nitrogens with one attached hydrogen (secondary N) is 1. The summed E-state index contributed by atoms with van der Waals surface area (Å²) < 4.78 is 1.79. The average molecular weight is 246 g/mol. The standard InChI is InChI=1S/C14H22N4/c1-9-6-5-7-13(10(9)2)16-14-12(8-15)11(3)17-18(14)4/h9-10,13,16H,5-7H2,1-4H3. The van der Waals surface area contributed by atoms with Crippen LogP contribution in [0.5, 0.6) is 0 Å². The number of aromatic nitrogens is 2. The van der Waals surface area contributed by atoms with E-state index in [-0.39, 0.29) is 0 Å². The molecule has 3 unspecified atom stereocenters. The second-order valence-electron chi connectivity index (χ2n) is 5.56. The molecule has 2 rings (SSSR count). The number of nitrogens with zero attached hydrogens (tertiary/aromatic N) is 3. The lowest BCUT2D eigenvalue weighted by atomic mass is 9.78. The van der Waals surface area contributed by atoms with E-state index in [0.29, 0.717) is 17.5 Å². The first-order valence-corrected chi connectivity index (χ1v) is 6.74. The minimum absolute atomic E-state index is 0.454. The molecular formula is C14H22N4. The first-order valence-electron chi connectivity index (χ1n) is 6.74. The summed E-state index contributed by atoms with van der Waals surface area (Å²) in [5.74, 6) is 2.26. The van der Waals surface area contributed by atoms with Crippen LogP contribution in [-0.4, -0.2) is 15.8 Å². The van der Waals surface area contributed by atoms with E-state index in [1.54, 1.807) is 4.68 Å². The third-order valence-corrected chi connectivity index (χ3v) is 4.36. The number of rotatable bonds is 2. The predicted molar refractivity (Wildman–Crippen MR) is 72.2 cm³/mol. The fourth-order valence-corrected chi connectivity index (χ4v) is 2.92. The van der Waals surface area contributed by atoms with Gasteiger partial charge in [0.05, 0.1) is 5.69 Å². The Balaban J connectivity index is 2.21. The second kappa shape index (κ2) is 5.01. The van der Waals surface area contributed by atoms with E-state index >= 15 is 0 Å². The van der Waals surface area contributed by atoms with Gasteiger partial charge in [0.1, 0.15) is 17.5 Å². The number of hydrogen-bond acceptors (Lipinski definition) is 3. The summed E-state index contributed by atoms with van der Waals surface area (Å²) in [7, 11) is 1.90. The number of aryl methyl sites for hydroxylation is 2. The van der Waals surface area contributed by atoms with Crippen LogP contribution >= 0.6 is 0 Å². The molecule has 1 saturated carbocycles. The van der Waals surface area contributed by atoms with E-state index in [0.717, 1.165) is 17.4 Å². The van der Waals surface area contributed by atoms with Gasteiger partial charge in [0, 0.05) is 13.1 Å². The van der Waals surface area contributed by atoms with Gasteiger partial charge in [0.15, 0.2) is 0 Å². The predicted octanol–water partition coefficient (Wildman–Crippen LogP) is 2.84. The highest BCUT2D eigenvalue weighted by atomic mass is 15.3. The Morgan fingerprint density at radius 1 is 1.39 bits per heavy atom. The SMILES string of the molecule is Cc1nn(C)c(NC2CCCC(C)C2C)c1C#N. The van der Waals surface area contributed by atoms with Crippen LogP contribution in [0.25, 0.3) is 0 Å². The maximum absolute atomic E-state index is 9.22. The molecule has 0 bridgehead atoms. The summed E-state index contributed by atoms with van der Waals surface area (Å²) in [4.78, 5) is 0. The summed E-state index contributed by atoms with van der Waals surface area (Å²) in [6.07, 6.45) is 3.76. The van der Waals surface area contributed by atoms with Crippen molar-refractivity contribution in [3.8, 4) is 6.07 Å². The molecule has 1 aliphatic carbocycles. The van der Waals surface area contributed by atoms with E-state index < -0.39 is 0 Å². The van der Waals surface area contributed by atoms with E-state index in [1.165, 1.54) is 19.3 Å². The fraction of sp³-hybridized carbons (Fsp3) is 0.714. The lowest BCUT2D eigenvalue weighted by molar-refractivity contribution is 0.252. The molecule has 1 aromatic heterocycles. The first kappa shape index (κ1) is 12.9. The Morgan fingerprint density at radius 3 is 2.78 bits per heavy atom. The lowest BCUT2D eigenvalue weighted by Crippen LogP contribution is -2.35. The van der Waals surface area contributed by atoms with Gasteiger partial charge in [-0.25, -0.2) is 0 Å². The first-order chi connectivity index (χ1) is 8.54. The highest BCUT2D eigenvalue weighted by Crippen LogP contribution is 2.32. The van der Waals surface area contributed by atoms with E-state index in [4.69, 9.17) is 0 Å². The summed E-state index contributed by atoms with van der Waals surface area (Å²) in [6.45, 7) is 6.51. The molecule has 4 nitrogen and oxygen atoms in total. The molecule has 1 aliphatic rings. The smallest absolute Gasteiger partial charge is 0.142 e. The van der Waals surface area contributed by atoms with Gasteiger partial charge in [-0.2, -0.15) is 10.4 Å². The second-order valence-corrected chi connectivity index (χ2v) is 5.56. The van der Waals surface area contributed by atoms with Crippen LogP contribution in [0.1, 0.15) is 44.4 Å². The quantitative estimate of drug-likeness (QED) is 0.873. The van der Waals surface area contributed by atoms with Crippen molar-refractivity contribution < 1.29 is 0 Å². The van der Waals surface area contributed by atoms with Crippen molar-refractivity contribution in [1.29, 1.82) is 5.26 Å². The average Bonchev–Trinajstić information content (AvgIpc) is 2.59. The van der Waals surface area contributed by atoms with Crippen molar-refractivity contribution in [2.75, 3.05) is 5.32 Å². The van der Waals surface area contributed by atoms with Crippen LogP contribution in [0.2, 0.25) is 0 Å². The van der Waals surface area contributed by atoms with Gasteiger partial charge in [-0.1, -0.05) is 26.7 Å². The summed E-state index contributed by atoms with van der Waals surface area (Å²) in [5.41, 5.74) is 1.49. The van der Waals surface area contributed by atoms with Crippen molar-refractivity contribution in [1.82, 2.24) is 9.78 Å². The maximum atomic E-state index is 9.22. The topological polar surface area (TPSA) is 53.6 Å². The van der Waals surface area contributed by atoms with Crippen molar-refractivity contribution in [2.45, 2.75) is 46.1 Å². The van der Waals surface area contributed by atoms with E-state index in [9.17, 15) is 5.26 Å².